The van der Waals surface area contributed by atoms with E-state index in [1.54, 1.807) is 13.1 Å². The lowest BCUT2D eigenvalue weighted by atomic mass is 10.0. The Bertz CT molecular complexity index is 598. The molecular formula is C15H16Cl2N2S. The van der Waals surface area contributed by atoms with E-state index in [-0.39, 0.29) is 0 Å². The molecule has 2 nitrogen and oxygen atoms in total. The zero-order valence-electron chi connectivity index (χ0n) is 11.6. The average Bonchev–Trinajstić information content (AvgIpc) is 2.42. The molecule has 0 bridgehead atoms. The molecule has 1 aromatic heterocycles. The molecule has 0 amide bonds. The van der Waals surface area contributed by atoms with E-state index < -0.39 is 0 Å². The maximum Gasteiger partial charge on any atom is 0.146 e. The number of rotatable bonds is 4. The number of halogens is 2. The summed E-state index contributed by atoms with van der Waals surface area (Å²) in [6.07, 6.45) is 0. The Balaban J connectivity index is 2.25. The second kappa shape index (κ2) is 6.70. The van der Waals surface area contributed by atoms with Crippen LogP contribution in [0.3, 0.4) is 0 Å². The molecule has 5 heteroatoms. The van der Waals surface area contributed by atoms with Gasteiger partial charge in [0.25, 0.3) is 0 Å². The highest BCUT2D eigenvalue weighted by atomic mass is 35.5. The molecular weight excluding hydrogens is 311 g/mol. The van der Waals surface area contributed by atoms with Gasteiger partial charge >= 0.3 is 0 Å². The maximum absolute atomic E-state index is 6.19. The summed E-state index contributed by atoms with van der Waals surface area (Å²) in [5.74, 6) is 1.17. The summed E-state index contributed by atoms with van der Waals surface area (Å²) in [5, 5.41) is 4.79. The Morgan fingerprint density at radius 1 is 1.10 bits per heavy atom. The van der Waals surface area contributed by atoms with Crippen LogP contribution in [0.5, 0.6) is 0 Å². The highest BCUT2D eigenvalue weighted by molar-refractivity contribution is 7.99. The van der Waals surface area contributed by atoms with Gasteiger partial charge in [-0.1, -0.05) is 60.9 Å². The second-order valence-corrected chi connectivity index (χ2v) is 6.56. The van der Waals surface area contributed by atoms with Gasteiger partial charge in [0.2, 0.25) is 0 Å². The van der Waals surface area contributed by atoms with Crippen molar-refractivity contribution in [3.05, 3.63) is 45.9 Å². The van der Waals surface area contributed by atoms with Crippen LogP contribution in [-0.2, 0) is 0 Å². The average molecular weight is 327 g/mol. The molecule has 0 unspecified atom stereocenters. The monoisotopic (exact) mass is 326 g/mol. The van der Waals surface area contributed by atoms with Gasteiger partial charge in [-0.05, 0) is 29.7 Å². The summed E-state index contributed by atoms with van der Waals surface area (Å²) >= 11 is 13.8. The van der Waals surface area contributed by atoms with Gasteiger partial charge in [-0.3, -0.25) is 0 Å². The van der Waals surface area contributed by atoms with Crippen LogP contribution in [-0.4, -0.2) is 12.0 Å². The lowest BCUT2D eigenvalue weighted by molar-refractivity contribution is 0.865. The lowest BCUT2D eigenvalue weighted by Gasteiger charge is -2.09. The van der Waals surface area contributed by atoms with Gasteiger partial charge in [0.1, 0.15) is 10.8 Å². The van der Waals surface area contributed by atoms with Gasteiger partial charge in [-0.15, -0.1) is 0 Å². The molecule has 1 heterocycles. The van der Waals surface area contributed by atoms with Crippen LogP contribution in [0.1, 0.15) is 25.3 Å². The molecule has 0 aliphatic rings. The van der Waals surface area contributed by atoms with Gasteiger partial charge in [-0.2, -0.15) is 0 Å². The van der Waals surface area contributed by atoms with Crippen LogP contribution in [0.25, 0.3) is 0 Å². The van der Waals surface area contributed by atoms with Gasteiger partial charge in [0.05, 0.1) is 10.0 Å². The van der Waals surface area contributed by atoms with Crippen LogP contribution in [0.2, 0.25) is 10.0 Å². The van der Waals surface area contributed by atoms with E-state index in [0.717, 1.165) is 9.92 Å². The molecule has 20 heavy (non-hydrogen) atoms. The third-order valence-electron chi connectivity index (χ3n) is 2.90. The van der Waals surface area contributed by atoms with E-state index >= 15 is 0 Å². The highest BCUT2D eigenvalue weighted by Crippen LogP contribution is 2.36. The van der Waals surface area contributed by atoms with Crippen molar-refractivity contribution in [1.82, 2.24) is 4.98 Å². The van der Waals surface area contributed by atoms with Crippen molar-refractivity contribution in [1.29, 1.82) is 0 Å². The van der Waals surface area contributed by atoms with Crippen molar-refractivity contribution in [3.63, 3.8) is 0 Å². The quantitative estimate of drug-likeness (QED) is 0.779. The molecule has 0 atom stereocenters. The number of nitrogens with zero attached hydrogens (tertiary/aromatic N) is 1. The molecule has 0 fully saturated rings. The normalized spacial score (nSPS) is 10.9. The fraction of sp³-hybridized carbons (Fsp3) is 0.267. The zero-order valence-corrected chi connectivity index (χ0v) is 13.9. The van der Waals surface area contributed by atoms with Gasteiger partial charge in [0, 0.05) is 11.9 Å². The predicted molar refractivity (Wildman–Crippen MR) is 88.5 cm³/mol. The number of benzene rings is 1. The minimum absolute atomic E-state index is 0.525. The number of hydrogen-bond acceptors (Lipinski definition) is 3. The maximum atomic E-state index is 6.19. The zero-order chi connectivity index (χ0) is 14.7. The fourth-order valence-electron chi connectivity index (χ4n) is 1.73. The Labute approximate surface area is 133 Å². The number of anilines is 1. The van der Waals surface area contributed by atoms with Crippen LogP contribution in [0.15, 0.2) is 40.3 Å². The van der Waals surface area contributed by atoms with Gasteiger partial charge in [-0.25, -0.2) is 4.98 Å². The van der Waals surface area contributed by atoms with Crippen molar-refractivity contribution in [2.24, 2.45) is 0 Å². The smallest absolute Gasteiger partial charge is 0.146 e. The number of hydrogen-bond donors (Lipinski definition) is 1. The molecule has 1 N–H and O–H groups in total. The van der Waals surface area contributed by atoms with Crippen molar-refractivity contribution >= 4 is 40.8 Å². The minimum Gasteiger partial charge on any atom is -0.372 e. The summed E-state index contributed by atoms with van der Waals surface area (Å²) in [6, 6.07) is 10.2. The molecule has 0 saturated carbocycles. The summed E-state index contributed by atoms with van der Waals surface area (Å²) in [5.41, 5.74) is 1.32. The van der Waals surface area contributed by atoms with Crippen molar-refractivity contribution in [3.8, 4) is 0 Å². The molecule has 0 spiro atoms. The first kappa shape index (κ1) is 15.5. The third kappa shape index (κ3) is 3.60. The van der Waals surface area contributed by atoms with Gasteiger partial charge in [0.15, 0.2) is 0 Å². The fourth-order valence-corrected chi connectivity index (χ4v) is 3.09. The minimum atomic E-state index is 0.525. The Morgan fingerprint density at radius 2 is 1.75 bits per heavy atom. The third-order valence-corrected chi connectivity index (χ3v) is 4.60. The van der Waals surface area contributed by atoms with Gasteiger partial charge < -0.3 is 5.32 Å². The number of pyridine rings is 1. The molecule has 1 aromatic carbocycles. The molecule has 0 aliphatic carbocycles. The summed E-state index contributed by atoms with van der Waals surface area (Å²) in [7, 11) is 1.79. The van der Waals surface area contributed by atoms with E-state index in [2.05, 4.69) is 48.4 Å². The van der Waals surface area contributed by atoms with Crippen molar-refractivity contribution in [2.75, 3.05) is 12.4 Å². The van der Waals surface area contributed by atoms with Crippen LogP contribution in [0.4, 0.5) is 5.82 Å². The van der Waals surface area contributed by atoms with E-state index in [9.17, 15) is 0 Å². The summed E-state index contributed by atoms with van der Waals surface area (Å²) < 4.78 is 0. The molecule has 0 aliphatic heterocycles. The topological polar surface area (TPSA) is 24.9 Å². The van der Waals surface area contributed by atoms with Crippen LogP contribution in [0, 0.1) is 0 Å². The summed E-state index contributed by atoms with van der Waals surface area (Å²) in [6.45, 7) is 4.36. The summed E-state index contributed by atoms with van der Waals surface area (Å²) in [4.78, 5) is 5.54. The van der Waals surface area contributed by atoms with E-state index in [4.69, 9.17) is 23.2 Å². The Hall–Kier alpha value is -0.900. The van der Waals surface area contributed by atoms with Crippen molar-refractivity contribution in [2.45, 2.75) is 29.7 Å². The van der Waals surface area contributed by atoms with E-state index in [1.165, 1.54) is 17.3 Å². The first-order chi connectivity index (χ1) is 9.51. The molecule has 0 saturated heterocycles. The van der Waals surface area contributed by atoms with Crippen LogP contribution < -0.4 is 5.32 Å². The molecule has 2 rings (SSSR count). The van der Waals surface area contributed by atoms with E-state index in [0.29, 0.717) is 21.8 Å². The first-order valence-corrected chi connectivity index (χ1v) is 7.90. The molecule has 106 valence electrons. The predicted octanol–water partition coefficient (Wildman–Crippen LogP) is 5.70. The Kier molecular flexibility index (Phi) is 5.19. The number of aromatic nitrogens is 1. The van der Waals surface area contributed by atoms with Crippen molar-refractivity contribution < 1.29 is 0 Å². The molecule has 2 aromatic rings. The first-order valence-electron chi connectivity index (χ1n) is 6.33. The largest absolute Gasteiger partial charge is 0.372 e. The van der Waals surface area contributed by atoms with E-state index in [1.807, 2.05) is 0 Å². The van der Waals surface area contributed by atoms with Crippen LogP contribution >= 0.6 is 35.0 Å². The molecule has 0 radical (unpaired) electrons. The number of nitrogens with one attached hydrogen (secondary N) is 1. The Morgan fingerprint density at radius 3 is 2.30 bits per heavy atom. The SMILES string of the molecule is CNc1nc(Sc2ccc(C(C)C)cc2)c(Cl)cc1Cl. The highest BCUT2D eigenvalue weighted by Gasteiger charge is 2.10. The lowest BCUT2D eigenvalue weighted by Crippen LogP contribution is -1.95. The standard InChI is InChI=1S/C15H16Cl2N2S/c1-9(2)10-4-6-11(7-5-10)20-15-13(17)8-12(16)14(18-3)19-15/h4-9H,1-3H3,(H,18,19). The second-order valence-electron chi connectivity index (χ2n) is 4.68.